The smallest absolute Gasteiger partial charge is 0.422 e. The number of aromatic nitrogens is 1. The molecule has 3 N–H and O–H groups in total. The third kappa shape index (κ3) is 4.39. The molecule has 10 heteroatoms. The topological polar surface area (TPSA) is 83.5 Å². The van der Waals surface area contributed by atoms with Gasteiger partial charge in [0.2, 0.25) is 0 Å². The second kappa shape index (κ2) is 7.96. The van der Waals surface area contributed by atoms with Crippen molar-refractivity contribution in [3.8, 4) is 5.75 Å². The van der Waals surface area contributed by atoms with Gasteiger partial charge < -0.3 is 20.5 Å². The van der Waals surface area contributed by atoms with Crippen LogP contribution in [0.1, 0.15) is 17.7 Å². The number of pyridine rings is 1. The molecule has 0 radical (unpaired) electrons. The fraction of sp³-hybridized carbons (Fsp3) is 0.389. The van der Waals surface area contributed by atoms with E-state index in [-0.39, 0.29) is 24.5 Å². The molecule has 1 aromatic carbocycles. The van der Waals surface area contributed by atoms with Crippen molar-refractivity contribution in [3.05, 3.63) is 47.8 Å². The summed E-state index contributed by atoms with van der Waals surface area (Å²) < 4.78 is 55.3. The summed E-state index contributed by atoms with van der Waals surface area (Å²) in [6, 6.07) is 8.66. The molecule has 3 rings (SSSR count). The molecule has 0 amide bonds. The number of fused-ring (bicyclic) bond motifs is 1. The van der Waals surface area contributed by atoms with Crippen LogP contribution in [0.15, 0.2) is 36.5 Å². The van der Waals surface area contributed by atoms with Gasteiger partial charge in [-0.15, -0.1) is 0 Å². The van der Waals surface area contributed by atoms with Gasteiger partial charge in [-0.2, -0.15) is 13.2 Å². The quantitative estimate of drug-likeness (QED) is 0.645. The van der Waals surface area contributed by atoms with E-state index in [2.05, 4.69) is 15.6 Å². The molecule has 1 aliphatic heterocycles. The lowest BCUT2D eigenvalue weighted by Gasteiger charge is -2.29. The lowest BCUT2D eigenvalue weighted by molar-refractivity contribution is -0.153. The molecule has 0 saturated heterocycles. The van der Waals surface area contributed by atoms with Gasteiger partial charge in [0.1, 0.15) is 5.75 Å². The first-order valence-electron chi connectivity index (χ1n) is 8.53. The number of alkyl halides is 3. The Morgan fingerprint density at radius 1 is 1.21 bits per heavy atom. The molecule has 1 atom stereocenters. The first-order chi connectivity index (χ1) is 13.2. The predicted molar refractivity (Wildman–Crippen MR) is 100 cm³/mol. The SMILES string of the molecule is Cc1c(OCC(F)(F)F)ccnc1C[S@@](=O)C1(CCO)Nc2ccccc2N1. The van der Waals surface area contributed by atoms with Gasteiger partial charge in [0.25, 0.3) is 0 Å². The average Bonchev–Trinajstić information content (AvgIpc) is 3.01. The van der Waals surface area contributed by atoms with Crippen molar-refractivity contribution in [3.63, 3.8) is 0 Å². The number of anilines is 2. The Morgan fingerprint density at radius 2 is 1.86 bits per heavy atom. The molecule has 1 aliphatic rings. The van der Waals surface area contributed by atoms with Crippen LogP contribution in [0.25, 0.3) is 0 Å². The molecule has 28 heavy (non-hydrogen) atoms. The minimum Gasteiger partial charge on any atom is -0.484 e. The van der Waals surface area contributed by atoms with E-state index in [1.807, 2.05) is 24.3 Å². The molecule has 0 unspecified atom stereocenters. The fourth-order valence-electron chi connectivity index (χ4n) is 2.95. The van der Waals surface area contributed by atoms with Gasteiger partial charge in [-0.1, -0.05) is 12.1 Å². The Morgan fingerprint density at radius 3 is 2.43 bits per heavy atom. The standard InChI is InChI=1S/C18H20F3N3O3S/c1-12-15(22-8-6-16(12)27-11-17(19,20)21)10-28(26)18(7-9-25)23-13-4-2-3-5-14(13)24-18/h2-6,8,23-25H,7,9-11H2,1H3/t28-/m1/s1. The summed E-state index contributed by atoms with van der Waals surface area (Å²) in [7, 11) is -1.59. The summed E-state index contributed by atoms with van der Waals surface area (Å²) in [5.74, 6) is 0.0226. The Labute approximate surface area is 162 Å². The number of para-hydroxylation sites is 2. The molecule has 2 heterocycles. The van der Waals surface area contributed by atoms with Crippen molar-refractivity contribution in [2.75, 3.05) is 23.8 Å². The van der Waals surface area contributed by atoms with Crippen LogP contribution in [0.2, 0.25) is 0 Å². The van der Waals surface area contributed by atoms with Gasteiger partial charge in [-0.05, 0) is 25.1 Å². The van der Waals surface area contributed by atoms with Gasteiger partial charge in [-0.25, -0.2) is 0 Å². The maximum absolute atomic E-state index is 13.2. The van der Waals surface area contributed by atoms with E-state index in [4.69, 9.17) is 4.74 Å². The normalized spacial score (nSPS) is 16.0. The van der Waals surface area contributed by atoms with E-state index in [0.717, 1.165) is 11.4 Å². The minimum absolute atomic E-state index is 0.0248. The summed E-state index contributed by atoms with van der Waals surface area (Å²) in [6.45, 7) is -0.0393. The second-order valence-electron chi connectivity index (χ2n) is 6.37. The van der Waals surface area contributed by atoms with Gasteiger partial charge in [-0.3, -0.25) is 9.19 Å². The maximum atomic E-state index is 13.2. The van der Waals surface area contributed by atoms with Crippen LogP contribution >= 0.6 is 0 Å². The molecule has 2 aromatic rings. The Bertz CT molecular complexity index is 852. The summed E-state index contributed by atoms with van der Waals surface area (Å²) in [5.41, 5.74) is 2.29. The van der Waals surface area contributed by atoms with Crippen LogP contribution in [0, 0.1) is 6.92 Å². The van der Waals surface area contributed by atoms with Gasteiger partial charge in [0.15, 0.2) is 11.6 Å². The van der Waals surface area contributed by atoms with E-state index in [1.54, 1.807) is 6.92 Å². The zero-order valence-corrected chi connectivity index (χ0v) is 15.9. The number of aliphatic hydroxyl groups is 1. The average molecular weight is 415 g/mol. The second-order valence-corrected chi connectivity index (χ2v) is 8.05. The molecule has 0 bridgehead atoms. The first kappa shape index (κ1) is 20.4. The molecule has 6 nitrogen and oxygen atoms in total. The Balaban J connectivity index is 1.80. The molecule has 152 valence electrons. The fourth-order valence-corrected chi connectivity index (χ4v) is 4.50. The van der Waals surface area contributed by atoms with E-state index in [9.17, 15) is 22.5 Å². The van der Waals surface area contributed by atoms with Crippen molar-refractivity contribution in [1.82, 2.24) is 4.98 Å². The van der Waals surface area contributed by atoms with Crippen molar-refractivity contribution in [1.29, 1.82) is 0 Å². The van der Waals surface area contributed by atoms with Crippen LogP contribution in [-0.2, 0) is 16.6 Å². The third-order valence-corrected chi connectivity index (χ3v) is 6.09. The number of rotatable bonds is 7. The molecule has 1 aromatic heterocycles. The number of ether oxygens (including phenoxy) is 1. The van der Waals surface area contributed by atoms with Gasteiger partial charge in [0, 0.05) is 24.8 Å². The number of nitrogens with one attached hydrogen (secondary N) is 2. The number of aliphatic hydroxyl groups excluding tert-OH is 1. The summed E-state index contributed by atoms with van der Waals surface area (Å²) in [4.78, 5) is 3.06. The highest BCUT2D eigenvalue weighted by Gasteiger charge is 2.41. The maximum Gasteiger partial charge on any atom is 0.422 e. The predicted octanol–water partition coefficient (Wildman–Crippen LogP) is 3.15. The van der Waals surface area contributed by atoms with E-state index >= 15 is 0 Å². The van der Waals surface area contributed by atoms with Crippen LogP contribution < -0.4 is 15.4 Å². The Hall–Kier alpha value is -2.33. The first-order valence-corrected chi connectivity index (χ1v) is 9.85. The van der Waals surface area contributed by atoms with Crippen molar-refractivity contribution in [2.24, 2.45) is 0 Å². The molecular weight excluding hydrogens is 395 g/mol. The number of nitrogens with zero attached hydrogens (tertiary/aromatic N) is 1. The van der Waals surface area contributed by atoms with Crippen molar-refractivity contribution >= 4 is 22.2 Å². The van der Waals surface area contributed by atoms with Crippen molar-refractivity contribution in [2.45, 2.75) is 30.3 Å². The molecule has 0 fully saturated rings. The highest BCUT2D eigenvalue weighted by atomic mass is 32.2. The van der Waals surface area contributed by atoms with Gasteiger partial charge >= 0.3 is 6.18 Å². The van der Waals surface area contributed by atoms with E-state index in [1.165, 1.54) is 12.3 Å². The van der Waals surface area contributed by atoms with E-state index in [0.29, 0.717) is 11.3 Å². The number of hydrogen-bond acceptors (Lipinski definition) is 6. The zero-order chi connectivity index (χ0) is 20.4. The van der Waals surface area contributed by atoms with E-state index < -0.39 is 28.6 Å². The minimum atomic E-state index is -4.45. The monoisotopic (exact) mass is 415 g/mol. The molecule has 0 spiro atoms. The summed E-state index contributed by atoms with van der Waals surface area (Å²) >= 11 is 0. The van der Waals surface area contributed by atoms with Crippen LogP contribution in [0.4, 0.5) is 24.5 Å². The number of halogens is 3. The highest BCUT2D eigenvalue weighted by molar-refractivity contribution is 7.85. The van der Waals surface area contributed by atoms with Crippen molar-refractivity contribution < 1.29 is 27.2 Å². The highest BCUT2D eigenvalue weighted by Crippen LogP contribution is 2.38. The molecular formula is C18H20F3N3O3S. The van der Waals surface area contributed by atoms with Crippen LogP contribution in [-0.4, -0.2) is 38.7 Å². The van der Waals surface area contributed by atoms with Crippen LogP contribution in [0.5, 0.6) is 5.75 Å². The third-order valence-electron chi connectivity index (χ3n) is 4.37. The summed E-state index contributed by atoms with van der Waals surface area (Å²) in [6.07, 6.45) is -2.96. The largest absolute Gasteiger partial charge is 0.484 e. The molecule has 0 saturated carbocycles. The number of benzene rings is 1. The van der Waals surface area contributed by atoms with Gasteiger partial charge in [0.05, 0.1) is 33.6 Å². The molecule has 0 aliphatic carbocycles. The summed E-state index contributed by atoms with van der Waals surface area (Å²) in [5, 5.41) is 15.8. The zero-order valence-electron chi connectivity index (χ0n) is 15.0. The Kier molecular flexibility index (Phi) is 5.80. The number of hydrogen-bond donors (Lipinski definition) is 3. The van der Waals surface area contributed by atoms with Crippen LogP contribution in [0.3, 0.4) is 0 Å². The lowest BCUT2D eigenvalue weighted by Crippen LogP contribution is -2.47. The lowest BCUT2D eigenvalue weighted by atomic mass is 10.2.